The second-order valence-corrected chi connectivity index (χ2v) is 2.25. The van der Waals surface area contributed by atoms with Gasteiger partial charge in [-0.15, -0.1) is 0 Å². The molecule has 3 nitrogen and oxygen atoms in total. The first-order chi connectivity index (χ1) is 5.24. The maximum absolute atomic E-state index is 10.2. The number of hydrogen-bond donors (Lipinski definition) is 2. The Morgan fingerprint density at radius 1 is 1.36 bits per heavy atom. The summed E-state index contributed by atoms with van der Waals surface area (Å²) in [5.74, 6) is 0.173. The molecular weight excluding hydrogens is 142 g/mol. The molecule has 1 atom stereocenters. The highest BCUT2D eigenvalue weighted by Gasteiger charge is 2.01. The van der Waals surface area contributed by atoms with Crippen molar-refractivity contribution in [3.8, 4) is 5.75 Å². The van der Waals surface area contributed by atoms with Gasteiger partial charge in [0.05, 0.1) is 6.04 Å². The molecule has 3 heteroatoms. The minimum absolute atomic E-state index is 0.173. The van der Waals surface area contributed by atoms with E-state index in [2.05, 4.69) is 0 Å². The first kappa shape index (κ1) is 7.75. The molecular formula is C8H9NO2. The standard InChI is InChI=1S/C8H9NO2/c9-8(5-10)6-1-3-7(11)4-2-6/h1-5,8,11H,9H2/t8-/m0/s1. The zero-order valence-corrected chi connectivity index (χ0v) is 5.90. The average molecular weight is 151 g/mol. The second kappa shape index (κ2) is 3.16. The average Bonchev–Trinajstić information content (AvgIpc) is 2.05. The van der Waals surface area contributed by atoms with Crippen LogP contribution in [-0.4, -0.2) is 11.4 Å². The third-order valence-corrected chi connectivity index (χ3v) is 1.42. The zero-order chi connectivity index (χ0) is 8.27. The van der Waals surface area contributed by atoms with E-state index in [-0.39, 0.29) is 5.75 Å². The van der Waals surface area contributed by atoms with Crippen LogP contribution >= 0.6 is 0 Å². The summed E-state index contributed by atoms with van der Waals surface area (Å²) in [4.78, 5) is 10.2. The van der Waals surface area contributed by atoms with E-state index in [9.17, 15) is 4.79 Å². The van der Waals surface area contributed by atoms with Crippen LogP contribution in [0.4, 0.5) is 0 Å². The van der Waals surface area contributed by atoms with Gasteiger partial charge < -0.3 is 15.6 Å². The van der Waals surface area contributed by atoms with Gasteiger partial charge in [-0.05, 0) is 17.7 Å². The Balaban J connectivity index is 2.89. The lowest BCUT2D eigenvalue weighted by Crippen LogP contribution is -2.10. The normalized spacial score (nSPS) is 12.5. The molecule has 0 spiro atoms. The Labute approximate surface area is 64.5 Å². The molecule has 58 valence electrons. The van der Waals surface area contributed by atoms with E-state index in [0.29, 0.717) is 11.8 Å². The first-order valence-electron chi connectivity index (χ1n) is 3.24. The lowest BCUT2D eigenvalue weighted by atomic mass is 10.1. The number of aromatic hydroxyl groups is 1. The third kappa shape index (κ3) is 1.78. The minimum atomic E-state index is -0.587. The number of carbonyl (C=O) groups excluding carboxylic acids is 1. The Morgan fingerprint density at radius 2 is 1.91 bits per heavy atom. The fraction of sp³-hybridized carbons (Fsp3) is 0.125. The summed E-state index contributed by atoms with van der Waals surface area (Å²) in [5.41, 5.74) is 6.10. The van der Waals surface area contributed by atoms with E-state index in [0.717, 1.165) is 0 Å². The Hall–Kier alpha value is -1.35. The molecule has 1 rings (SSSR count). The lowest BCUT2D eigenvalue weighted by molar-refractivity contribution is -0.109. The van der Waals surface area contributed by atoms with Crippen LogP contribution in [0.25, 0.3) is 0 Å². The number of aldehydes is 1. The molecule has 0 unspecified atom stereocenters. The molecule has 0 amide bonds. The number of hydrogen-bond acceptors (Lipinski definition) is 3. The summed E-state index contributed by atoms with van der Waals surface area (Å²) in [6.45, 7) is 0. The van der Waals surface area contributed by atoms with Crippen LogP contribution in [0, 0.1) is 0 Å². The molecule has 11 heavy (non-hydrogen) atoms. The van der Waals surface area contributed by atoms with Crippen LogP contribution in [0.1, 0.15) is 11.6 Å². The molecule has 0 fully saturated rings. The summed E-state index contributed by atoms with van der Waals surface area (Å²) in [6.07, 6.45) is 0.659. The fourth-order valence-corrected chi connectivity index (χ4v) is 0.775. The highest BCUT2D eigenvalue weighted by Crippen LogP contribution is 2.13. The summed E-state index contributed by atoms with van der Waals surface area (Å²) >= 11 is 0. The van der Waals surface area contributed by atoms with Crippen molar-refractivity contribution >= 4 is 6.29 Å². The van der Waals surface area contributed by atoms with Gasteiger partial charge in [-0.3, -0.25) is 0 Å². The van der Waals surface area contributed by atoms with Crippen molar-refractivity contribution in [3.05, 3.63) is 29.8 Å². The van der Waals surface area contributed by atoms with Crippen molar-refractivity contribution in [1.29, 1.82) is 0 Å². The third-order valence-electron chi connectivity index (χ3n) is 1.42. The van der Waals surface area contributed by atoms with E-state index in [4.69, 9.17) is 10.8 Å². The summed E-state index contributed by atoms with van der Waals surface area (Å²) in [7, 11) is 0. The number of phenols is 1. The minimum Gasteiger partial charge on any atom is -0.508 e. The van der Waals surface area contributed by atoms with Crippen LogP contribution in [0.15, 0.2) is 24.3 Å². The van der Waals surface area contributed by atoms with Crippen molar-refractivity contribution in [2.45, 2.75) is 6.04 Å². The molecule has 0 aliphatic rings. The molecule has 0 saturated heterocycles. The SMILES string of the molecule is N[C@@H](C=O)c1ccc(O)cc1. The van der Waals surface area contributed by atoms with Crippen molar-refractivity contribution < 1.29 is 9.90 Å². The molecule has 1 aromatic carbocycles. The van der Waals surface area contributed by atoms with Gasteiger partial charge in [-0.1, -0.05) is 12.1 Å². The predicted molar refractivity (Wildman–Crippen MR) is 41.1 cm³/mol. The fourth-order valence-electron chi connectivity index (χ4n) is 0.775. The van der Waals surface area contributed by atoms with Gasteiger partial charge in [-0.25, -0.2) is 0 Å². The van der Waals surface area contributed by atoms with E-state index >= 15 is 0 Å². The summed E-state index contributed by atoms with van der Waals surface area (Å²) in [5, 5.41) is 8.88. The van der Waals surface area contributed by atoms with E-state index in [1.165, 1.54) is 12.1 Å². The molecule has 0 radical (unpaired) electrons. The van der Waals surface area contributed by atoms with Crippen LogP contribution in [0.5, 0.6) is 5.75 Å². The quantitative estimate of drug-likeness (QED) is 0.608. The van der Waals surface area contributed by atoms with Crippen LogP contribution < -0.4 is 5.73 Å². The topological polar surface area (TPSA) is 63.3 Å². The second-order valence-electron chi connectivity index (χ2n) is 2.25. The van der Waals surface area contributed by atoms with Gasteiger partial charge in [0.1, 0.15) is 12.0 Å². The smallest absolute Gasteiger partial charge is 0.141 e. The molecule has 0 aromatic heterocycles. The molecule has 0 saturated carbocycles. The summed E-state index contributed by atoms with van der Waals surface area (Å²) < 4.78 is 0. The van der Waals surface area contributed by atoms with Gasteiger partial charge in [0.15, 0.2) is 0 Å². The van der Waals surface area contributed by atoms with Gasteiger partial charge in [0, 0.05) is 0 Å². The van der Waals surface area contributed by atoms with Crippen molar-refractivity contribution in [1.82, 2.24) is 0 Å². The van der Waals surface area contributed by atoms with Crippen LogP contribution in [-0.2, 0) is 4.79 Å². The number of nitrogens with two attached hydrogens (primary N) is 1. The van der Waals surface area contributed by atoms with Crippen LogP contribution in [0.3, 0.4) is 0 Å². The predicted octanol–water partition coefficient (Wildman–Crippen LogP) is 0.591. The van der Waals surface area contributed by atoms with E-state index in [1.54, 1.807) is 12.1 Å². The number of benzene rings is 1. The Bertz CT molecular complexity index is 243. The molecule has 1 aromatic rings. The van der Waals surface area contributed by atoms with Crippen LogP contribution in [0.2, 0.25) is 0 Å². The van der Waals surface area contributed by atoms with Crippen molar-refractivity contribution in [3.63, 3.8) is 0 Å². The molecule has 0 heterocycles. The van der Waals surface area contributed by atoms with Gasteiger partial charge in [0.2, 0.25) is 0 Å². The highest BCUT2D eigenvalue weighted by atomic mass is 16.3. The van der Waals surface area contributed by atoms with Gasteiger partial charge in [-0.2, -0.15) is 0 Å². The molecule has 0 bridgehead atoms. The van der Waals surface area contributed by atoms with E-state index in [1.807, 2.05) is 0 Å². The number of phenolic OH excluding ortho intramolecular Hbond substituents is 1. The van der Waals surface area contributed by atoms with E-state index < -0.39 is 6.04 Å². The zero-order valence-electron chi connectivity index (χ0n) is 5.90. The maximum atomic E-state index is 10.2. The Kier molecular flexibility index (Phi) is 2.23. The monoisotopic (exact) mass is 151 g/mol. The maximum Gasteiger partial charge on any atom is 0.141 e. The number of carbonyl (C=O) groups is 1. The molecule has 0 aliphatic heterocycles. The van der Waals surface area contributed by atoms with Gasteiger partial charge in [0.25, 0.3) is 0 Å². The highest BCUT2D eigenvalue weighted by molar-refractivity contribution is 5.61. The Morgan fingerprint density at radius 3 is 2.36 bits per heavy atom. The van der Waals surface area contributed by atoms with Gasteiger partial charge >= 0.3 is 0 Å². The van der Waals surface area contributed by atoms with Crippen molar-refractivity contribution in [2.24, 2.45) is 5.73 Å². The van der Waals surface area contributed by atoms with Crippen molar-refractivity contribution in [2.75, 3.05) is 0 Å². The summed E-state index contributed by atoms with van der Waals surface area (Å²) in [6, 6.07) is 5.65. The largest absolute Gasteiger partial charge is 0.508 e. The molecule has 0 aliphatic carbocycles. The molecule has 3 N–H and O–H groups in total. The lowest BCUT2D eigenvalue weighted by Gasteiger charge is -2.02. The number of rotatable bonds is 2. The first-order valence-corrected chi connectivity index (χ1v) is 3.24.